The normalized spacial score (nSPS) is 11.1. The van der Waals surface area contributed by atoms with Crippen LogP contribution in [0.15, 0.2) is 48.7 Å². The first-order chi connectivity index (χ1) is 15.5. The number of anilines is 1. The number of methoxy groups -OCH3 is 1. The minimum atomic E-state index is -5.10. The predicted octanol–water partition coefficient (Wildman–Crippen LogP) is 4.53. The monoisotopic (exact) mass is 467 g/mol. The lowest BCUT2D eigenvalue weighted by Crippen LogP contribution is -2.19. The standard InChI is InChI=1S/C21H14F5N3O4/c1-32-16-9-11(2-4-13(16)22)33-15-5-3-12(21(24,25)26)18(23)17(15)20(31)29-10-6-7-28-14(8-10)19(27)30/h2-9H,1H3,(H2,27,30)(H,28,29,31). The van der Waals surface area contributed by atoms with Crippen LogP contribution in [0.25, 0.3) is 0 Å². The highest BCUT2D eigenvalue weighted by Crippen LogP contribution is 2.38. The molecule has 3 N–H and O–H groups in total. The van der Waals surface area contributed by atoms with Gasteiger partial charge in [-0.1, -0.05) is 0 Å². The molecular formula is C21H14F5N3O4. The first-order valence-electron chi connectivity index (χ1n) is 8.99. The van der Waals surface area contributed by atoms with Crippen molar-refractivity contribution in [1.82, 2.24) is 4.98 Å². The number of carbonyl (C=O) groups excluding carboxylic acids is 2. The molecule has 0 saturated heterocycles. The number of alkyl halides is 3. The summed E-state index contributed by atoms with van der Waals surface area (Å²) in [6, 6.07) is 6.54. The van der Waals surface area contributed by atoms with Crippen molar-refractivity contribution >= 4 is 17.5 Å². The molecule has 0 radical (unpaired) electrons. The quantitative estimate of drug-likeness (QED) is 0.519. The van der Waals surface area contributed by atoms with Gasteiger partial charge in [-0.2, -0.15) is 13.2 Å². The van der Waals surface area contributed by atoms with E-state index >= 15 is 0 Å². The number of nitrogens with one attached hydrogen (secondary N) is 1. The van der Waals surface area contributed by atoms with Gasteiger partial charge in [0.05, 0.1) is 12.7 Å². The van der Waals surface area contributed by atoms with E-state index in [2.05, 4.69) is 10.3 Å². The van der Waals surface area contributed by atoms with Crippen LogP contribution in [-0.2, 0) is 6.18 Å². The lowest BCUT2D eigenvalue weighted by Gasteiger charge is -2.16. The van der Waals surface area contributed by atoms with Gasteiger partial charge in [0.2, 0.25) is 0 Å². The Labute approximate surface area is 182 Å². The Bertz CT molecular complexity index is 1230. The van der Waals surface area contributed by atoms with E-state index in [1.54, 1.807) is 0 Å². The molecule has 0 unspecified atom stereocenters. The van der Waals surface area contributed by atoms with Crippen LogP contribution in [0.1, 0.15) is 26.4 Å². The van der Waals surface area contributed by atoms with Crippen molar-refractivity contribution in [3.05, 3.63) is 77.1 Å². The number of halogens is 5. The highest BCUT2D eigenvalue weighted by Gasteiger charge is 2.37. The Hall–Kier alpha value is -4.22. The zero-order chi connectivity index (χ0) is 24.3. The van der Waals surface area contributed by atoms with Crippen LogP contribution < -0.4 is 20.5 Å². The minimum absolute atomic E-state index is 0.0880. The average molecular weight is 467 g/mol. The molecule has 33 heavy (non-hydrogen) atoms. The van der Waals surface area contributed by atoms with Crippen molar-refractivity contribution in [3.63, 3.8) is 0 Å². The van der Waals surface area contributed by atoms with E-state index in [1.807, 2.05) is 0 Å². The SMILES string of the molecule is COc1cc(Oc2ccc(C(F)(F)F)c(F)c2C(=O)Nc2ccnc(C(N)=O)c2)ccc1F. The molecule has 7 nitrogen and oxygen atoms in total. The first kappa shape index (κ1) is 23.4. The van der Waals surface area contributed by atoms with Gasteiger partial charge in [0.15, 0.2) is 17.4 Å². The molecule has 0 aliphatic heterocycles. The maximum absolute atomic E-state index is 14.9. The van der Waals surface area contributed by atoms with E-state index in [4.69, 9.17) is 15.2 Å². The van der Waals surface area contributed by atoms with Crippen molar-refractivity contribution in [2.75, 3.05) is 12.4 Å². The number of hydrogen-bond donors (Lipinski definition) is 2. The third kappa shape index (κ3) is 5.17. The van der Waals surface area contributed by atoms with Crippen LogP contribution in [0.3, 0.4) is 0 Å². The molecule has 1 aromatic heterocycles. The summed E-state index contributed by atoms with van der Waals surface area (Å²) in [4.78, 5) is 27.7. The molecule has 0 fully saturated rings. The fourth-order valence-electron chi connectivity index (χ4n) is 2.74. The number of hydrogen-bond acceptors (Lipinski definition) is 5. The molecule has 0 aliphatic rings. The van der Waals surface area contributed by atoms with Crippen LogP contribution in [0, 0.1) is 11.6 Å². The lowest BCUT2D eigenvalue weighted by atomic mass is 10.1. The highest BCUT2D eigenvalue weighted by molar-refractivity contribution is 6.07. The molecule has 172 valence electrons. The number of amides is 2. The Morgan fingerprint density at radius 3 is 2.39 bits per heavy atom. The van der Waals surface area contributed by atoms with Crippen LogP contribution in [0.5, 0.6) is 17.2 Å². The lowest BCUT2D eigenvalue weighted by molar-refractivity contribution is -0.140. The number of nitrogens with two attached hydrogens (primary N) is 1. The number of aromatic nitrogens is 1. The Morgan fingerprint density at radius 2 is 1.76 bits per heavy atom. The van der Waals surface area contributed by atoms with Crippen molar-refractivity contribution in [2.24, 2.45) is 5.73 Å². The van der Waals surface area contributed by atoms with Gasteiger partial charge in [-0.25, -0.2) is 8.78 Å². The number of rotatable bonds is 6. The molecule has 1 heterocycles. The van der Waals surface area contributed by atoms with E-state index in [9.17, 15) is 31.5 Å². The van der Waals surface area contributed by atoms with Crippen molar-refractivity contribution in [3.8, 4) is 17.2 Å². The van der Waals surface area contributed by atoms with Gasteiger partial charge < -0.3 is 20.5 Å². The number of pyridine rings is 1. The topological polar surface area (TPSA) is 104 Å². The summed E-state index contributed by atoms with van der Waals surface area (Å²) in [5.74, 6) is -5.85. The third-order valence-corrected chi connectivity index (χ3v) is 4.26. The number of nitrogens with zero attached hydrogens (tertiary/aromatic N) is 1. The molecule has 0 atom stereocenters. The summed E-state index contributed by atoms with van der Waals surface area (Å²) in [7, 11) is 1.17. The van der Waals surface area contributed by atoms with E-state index in [0.717, 1.165) is 36.5 Å². The van der Waals surface area contributed by atoms with Crippen molar-refractivity contribution in [2.45, 2.75) is 6.18 Å². The van der Waals surface area contributed by atoms with Gasteiger partial charge in [-0.05, 0) is 36.4 Å². The first-order valence-corrected chi connectivity index (χ1v) is 8.99. The fourth-order valence-corrected chi connectivity index (χ4v) is 2.74. The molecular weight excluding hydrogens is 453 g/mol. The van der Waals surface area contributed by atoms with Crippen LogP contribution in [-0.4, -0.2) is 23.9 Å². The summed E-state index contributed by atoms with van der Waals surface area (Å²) >= 11 is 0. The van der Waals surface area contributed by atoms with Gasteiger partial charge in [0, 0.05) is 18.0 Å². The predicted molar refractivity (Wildman–Crippen MR) is 105 cm³/mol. The Kier molecular flexibility index (Phi) is 6.47. The van der Waals surface area contributed by atoms with Gasteiger partial charge in [0.25, 0.3) is 11.8 Å². The zero-order valence-electron chi connectivity index (χ0n) is 16.7. The maximum Gasteiger partial charge on any atom is 0.419 e. The summed E-state index contributed by atoms with van der Waals surface area (Å²) in [5, 5.41) is 2.17. The van der Waals surface area contributed by atoms with Gasteiger partial charge in [0.1, 0.15) is 22.8 Å². The molecule has 0 spiro atoms. The Balaban J connectivity index is 2.06. The van der Waals surface area contributed by atoms with Gasteiger partial charge in [-0.3, -0.25) is 14.6 Å². The van der Waals surface area contributed by atoms with Crippen LogP contribution >= 0.6 is 0 Å². The second-order valence-electron chi connectivity index (χ2n) is 6.44. The second kappa shape index (κ2) is 9.10. The van der Waals surface area contributed by atoms with E-state index < -0.39 is 46.5 Å². The molecule has 0 aliphatic carbocycles. The fraction of sp³-hybridized carbons (Fsp3) is 0.0952. The maximum atomic E-state index is 14.9. The zero-order valence-corrected chi connectivity index (χ0v) is 16.7. The minimum Gasteiger partial charge on any atom is -0.494 e. The largest absolute Gasteiger partial charge is 0.494 e. The Morgan fingerprint density at radius 1 is 1.03 bits per heavy atom. The summed E-state index contributed by atoms with van der Waals surface area (Å²) in [6.07, 6.45) is -3.99. The average Bonchev–Trinajstić information content (AvgIpc) is 2.74. The second-order valence-corrected chi connectivity index (χ2v) is 6.44. The van der Waals surface area contributed by atoms with Crippen LogP contribution in [0.4, 0.5) is 27.6 Å². The van der Waals surface area contributed by atoms with Gasteiger partial charge >= 0.3 is 6.18 Å². The van der Waals surface area contributed by atoms with Crippen LogP contribution in [0.2, 0.25) is 0 Å². The number of benzene rings is 2. The molecule has 3 aromatic rings. The van der Waals surface area contributed by atoms with E-state index in [-0.39, 0.29) is 22.9 Å². The molecule has 0 bridgehead atoms. The van der Waals surface area contributed by atoms with E-state index in [1.165, 1.54) is 13.2 Å². The summed E-state index contributed by atoms with van der Waals surface area (Å²) in [6.45, 7) is 0. The molecule has 12 heteroatoms. The molecule has 0 saturated carbocycles. The number of primary amides is 1. The highest BCUT2D eigenvalue weighted by atomic mass is 19.4. The number of ether oxygens (including phenoxy) is 2. The number of carbonyl (C=O) groups is 2. The molecule has 2 aromatic carbocycles. The molecule has 2 amide bonds. The van der Waals surface area contributed by atoms with Crippen molar-refractivity contribution < 1.29 is 41.0 Å². The van der Waals surface area contributed by atoms with Crippen molar-refractivity contribution in [1.29, 1.82) is 0 Å². The summed E-state index contributed by atoms with van der Waals surface area (Å²) < 4.78 is 78.4. The van der Waals surface area contributed by atoms with E-state index in [0.29, 0.717) is 6.07 Å². The van der Waals surface area contributed by atoms with Gasteiger partial charge in [-0.15, -0.1) is 0 Å². The summed E-state index contributed by atoms with van der Waals surface area (Å²) in [5.41, 5.74) is 1.99. The smallest absolute Gasteiger partial charge is 0.419 e. The third-order valence-electron chi connectivity index (χ3n) is 4.26. The molecule has 3 rings (SSSR count).